The Bertz CT molecular complexity index is 391. The van der Waals surface area contributed by atoms with Crippen LogP contribution in [-0.4, -0.2) is 42.8 Å². The van der Waals surface area contributed by atoms with Crippen molar-refractivity contribution in [1.82, 2.24) is 4.90 Å². The number of carbonyl (C=O) groups is 2. The first-order valence-corrected chi connectivity index (χ1v) is 7.33. The second kappa shape index (κ2) is 5.26. The first-order chi connectivity index (χ1) is 9.27. The number of piperidine rings is 1. The summed E-state index contributed by atoms with van der Waals surface area (Å²) in [4.78, 5) is 25.5. The summed E-state index contributed by atoms with van der Waals surface area (Å²) in [6, 6.07) is 0. The van der Waals surface area contributed by atoms with Crippen LogP contribution in [0.3, 0.4) is 0 Å². The quantitative estimate of drug-likeness (QED) is 0.694. The van der Waals surface area contributed by atoms with E-state index in [1.54, 1.807) is 4.90 Å². The largest absolute Gasteiger partial charge is 0.469 e. The third-order valence-corrected chi connectivity index (χ3v) is 4.57. The van der Waals surface area contributed by atoms with Gasteiger partial charge in [-0.3, -0.25) is 4.79 Å². The number of ether oxygens (including phenoxy) is 2. The van der Waals surface area contributed by atoms with Gasteiger partial charge in [0.15, 0.2) is 0 Å². The number of likely N-dealkylation sites (tertiary alicyclic amines) is 1. The maximum absolute atomic E-state index is 12.0. The van der Waals surface area contributed by atoms with Crippen molar-refractivity contribution in [2.75, 3.05) is 20.2 Å². The van der Waals surface area contributed by atoms with E-state index in [-0.39, 0.29) is 23.4 Å². The number of hydrogen-bond acceptors (Lipinski definition) is 4. The topological polar surface area (TPSA) is 55.8 Å². The number of methoxy groups -OCH3 is 1. The zero-order valence-electron chi connectivity index (χ0n) is 12.9. The highest BCUT2D eigenvalue weighted by Crippen LogP contribution is 2.54. The summed E-state index contributed by atoms with van der Waals surface area (Å²) < 4.78 is 10.3. The molecule has 1 aliphatic heterocycles. The predicted octanol–water partition coefficient (Wildman–Crippen LogP) is 2.59. The van der Waals surface area contributed by atoms with Crippen molar-refractivity contribution in [3.63, 3.8) is 0 Å². The summed E-state index contributed by atoms with van der Waals surface area (Å²) in [6.45, 7) is 6.95. The summed E-state index contributed by atoms with van der Waals surface area (Å²) in [7, 11) is 1.45. The van der Waals surface area contributed by atoms with E-state index in [2.05, 4.69) is 0 Å². The number of esters is 1. The highest BCUT2D eigenvalue weighted by atomic mass is 16.6. The molecule has 1 amide bonds. The molecule has 0 bridgehead atoms. The van der Waals surface area contributed by atoms with E-state index in [0.717, 1.165) is 25.7 Å². The van der Waals surface area contributed by atoms with Gasteiger partial charge in [-0.05, 0) is 51.9 Å². The van der Waals surface area contributed by atoms with E-state index in [1.807, 2.05) is 20.8 Å². The molecule has 0 radical (unpaired) electrons. The van der Waals surface area contributed by atoms with Crippen molar-refractivity contribution in [2.45, 2.75) is 52.1 Å². The fourth-order valence-corrected chi connectivity index (χ4v) is 3.27. The molecular weight excluding hydrogens is 258 g/mol. The Morgan fingerprint density at radius 1 is 1.15 bits per heavy atom. The number of amides is 1. The Morgan fingerprint density at radius 2 is 1.75 bits per heavy atom. The first kappa shape index (κ1) is 15.1. The lowest BCUT2D eigenvalue weighted by Gasteiger charge is -2.52. The van der Waals surface area contributed by atoms with Crippen LogP contribution >= 0.6 is 0 Å². The molecule has 1 saturated carbocycles. The van der Waals surface area contributed by atoms with Gasteiger partial charge in [0.1, 0.15) is 5.60 Å². The molecule has 114 valence electrons. The minimum Gasteiger partial charge on any atom is -0.469 e. The average Bonchev–Trinajstić information content (AvgIpc) is 2.35. The molecule has 0 aromatic carbocycles. The molecule has 1 saturated heterocycles. The van der Waals surface area contributed by atoms with E-state index in [1.165, 1.54) is 7.11 Å². The summed E-state index contributed by atoms with van der Waals surface area (Å²) in [5.41, 5.74) is -0.400. The van der Waals surface area contributed by atoms with Gasteiger partial charge in [-0.25, -0.2) is 4.79 Å². The van der Waals surface area contributed by atoms with Crippen molar-refractivity contribution in [3.8, 4) is 0 Å². The summed E-state index contributed by atoms with van der Waals surface area (Å²) >= 11 is 0. The summed E-state index contributed by atoms with van der Waals surface area (Å²) in [5, 5.41) is 0. The third kappa shape index (κ3) is 2.91. The lowest BCUT2D eigenvalue weighted by molar-refractivity contribution is -0.161. The van der Waals surface area contributed by atoms with Crippen molar-refractivity contribution >= 4 is 12.1 Å². The Morgan fingerprint density at radius 3 is 2.15 bits per heavy atom. The van der Waals surface area contributed by atoms with Crippen LogP contribution in [0.4, 0.5) is 4.79 Å². The molecule has 1 aliphatic carbocycles. The molecule has 2 fully saturated rings. The maximum Gasteiger partial charge on any atom is 0.410 e. The predicted molar refractivity (Wildman–Crippen MR) is 74.2 cm³/mol. The zero-order chi connectivity index (χ0) is 15.0. The molecular formula is C15H25NO4. The minimum atomic E-state index is -0.461. The number of rotatable bonds is 1. The van der Waals surface area contributed by atoms with E-state index >= 15 is 0 Å². The van der Waals surface area contributed by atoms with Gasteiger partial charge in [0.2, 0.25) is 0 Å². The van der Waals surface area contributed by atoms with Gasteiger partial charge in [0, 0.05) is 13.1 Å². The van der Waals surface area contributed by atoms with Crippen LogP contribution < -0.4 is 0 Å². The Labute approximate surface area is 120 Å². The van der Waals surface area contributed by atoms with E-state index in [4.69, 9.17) is 9.47 Å². The molecule has 5 nitrogen and oxygen atoms in total. The molecule has 0 N–H and O–H groups in total. The molecule has 1 unspecified atom stereocenters. The minimum absolute atomic E-state index is 0.0216. The van der Waals surface area contributed by atoms with Crippen LogP contribution in [-0.2, 0) is 14.3 Å². The standard InChI is InChI=1S/C15H25NO4/c1-14(2,3)20-13(18)16-9-7-15(8-10-16)6-5-11(15)12(17)19-4/h11H,5-10H2,1-4H3. The van der Waals surface area contributed by atoms with E-state index < -0.39 is 5.60 Å². The van der Waals surface area contributed by atoms with Crippen LogP contribution in [0.5, 0.6) is 0 Å². The number of carbonyl (C=O) groups excluding carboxylic acids is 2. The first-order valence-electron chi connectivity index (χ1n) is 7.33. The number of hydrogen-bond donors (Lipinski definition) is 0. The van der Waals surface area contributed by atoms with Gasteiger partial charge >= 0.3 is 12.1 Å². The monoisotopic (exact) mass is 283 g/mol. The van der Waals surface area contributed by atoms with E-state index in [0.29, 0.717) is 13.1 Å². The highest BCUT2D eigenvalue weighted by molar-refractivity contribution is 5.74. The fourth-order valence-electron chi connectivity index (χ4n) is 3.27. The third-order valence-electron chi connectivity index (χ3n) is 4.57. The second-order valence-corrected chi connectivity index (χ2v) is 6.94. The van der Waals surface area contributed by atoms with Crippen molar-refractivity contribution in [3.05, 3.63) is 0 Å². The van der Waals surface area contributed by atoms with Gasteiger partial charge in [-0.2, -0.15) is 0 Å². The average molecular weight is 283 g/mol. The van der Waals surface area contributed by atoms with Crippen molar-refractivity contribution < 1.29 is 19.1 Å². The van der Waals surface area contributed by atoms with Gasteiger partial charge in [0.25, 0.3) is 0 Å². The van der Waals surface area contributed by atoms with Crippen molar-refractivity contribution in [2.24, 2.45) is 11.3 Å². The number of nitrogens with zero attached hydrogens (tertiary/aromatic N) is 1. The van der Waals surface area contributed by atoms with E-state index in [9.17, 15) is 9.59 Å². The van der Waals surface area contributed by atoms with Gasteiger partial charge in [0.05, 0.1) is 13.0 Å². The summed E-state index contributed by atoms with van der Waals surface area (Å²) in [5.74, 6) is -0.0738. The highest BCUT2D eigenvalue weighted by Gasteiger charge is 2.52. The molecule has 0 aromatic heterocycles. The van der Waals surface area contributed by atoms with Crippen LogP contribution in [0.25, 0.3) is 0 Å². The normalized spacial score (nSPS) is 25.0. The molecule has 1 atom stereocenters. The Balaban J connectivity index is 1.90. The Kier molecular flexibility index (Phi) is 3.98. The summed E-state index contributed by atoms with van der Waals surface area (Å²) in [6.07, 6.45) is 3.47. The lowest BCUT2D eigenvalue weighted by Crippen LogP contribution is -2.53. The Hall–Kier alpha value is -1.26. The molecule has 0 aromatic rings. The van der Waals surface area contributed by atoms with Crippen LogP contribution in [0.15, 0.2) is 0 Å². The van der Waals surface area contributed by atoms with Crippen LogP contribution in [0.1, 0.15) is 46.5 Å². The van der Waals surface area contributed by atoms with Gasteiger partial charge in [-0.15, -0.1) is 0 Å². The molecule has 2 rings (SSSR count). The van der Waals surface area contributed by atoms with Crippen LogP contribution in [0, 0.1) is 11.3 Å². The lowest BCUT2D eigenvalue weighted by atomic mass is 9.55. The second-order valence-electron chi connectivity index (χ2n) is 6.94. The molecule has 20 heavy (non-hydrogen) atoms. The molecule has 2 aliphatic rings. The van der Waals surface area contributed by atoms with Gasteiger partial charge in [-0.1, -0.05) is 0 Å². The van der Waals surface area contributed by atoms with Crippen LogP contribution in [0.2, 0.25) is 0 Å². The smallest absolute Gasteiger partial charge is 0.410 e. The SMILES string of the molecule is COC(=O)C1CCC12CCN(C(=O)OC(C)(C)C)CC2. The fraction of sp³-hybridized carbons (Fsp3) is 0.867. The van der Waals surface area contributed by atoms with Crippen molar-refractivity contribution in [1.29, 1.82) is 0 Å². The maximum atomic E-state index is 12.0. The van der Waals surface area contributed by atoms with Gasteiger partial charge < -0.3 is 14.4 Å². The molecule has 1 heterocycles. The zero-order valence-corrected chi connectivity index (χ0v) is 12.9. The molecule has 1 spiro atoms. The molecule has 5 heteroatoms.